The second kappa shape index (κ2) is 5.11. The molecule has 98 valence electrons. The molecule has 18 heavy (non-hydrogen) atoms. The molecule has 1 heterocycles. The fourth-order valence-electron chi connectivity index (χ4n) is 2.27. The molecule has 1 N–H and O–H groups in total. The molecule has 2 atom stereocenters. The number of hydrogen-bond donors (Lipinski definition) is 1. The van der Waals surface area contributed by atoms with Crippen molar-refractivity contribution in [3.05, 3.63) is 29.8 Å². The largest absolute Gasteiger partial charge is 0.377 e. The summed E-state index contributed by atoms with van der Waals surface area (Å²) >= 11 is 0. The summed E-state index contributed by atoms with van der Waals surface area (Å²) < 4.78 is 5.60. The zero-order chi connectivity index (χ0) is 13.2. The van der Waals surface area contributed by atoms with Crippen molar-refractivity contribution in [2.24, 2.45) is 0 Å². The predicted molar refractivity (Wildman–Crippen MR) is 73.1 cm³/mol. The lowest BCUT2D eigenvalue weighted by atomic mass is 9.94. The summed E-state index contributed by atoms with van der Waals surface area (Å²) in [4.78, 5) is 11.5. The quantitative estimate of drug-likeness (QED) is 0.830. The van der Waals surface area contributed by atoms with Crippen LogP contribution in [-0.2, 0) is 4.74 Å². The van der Waals surface area contributed by atoms with Gasteiger partial charge in [0.25, 0.3) is 0 Å². The Bertz CT molecular complexity index is 427. The number of ether oxygens (including phenoxy) is 1. The van der Waals surface area contributed by atoms with Gasteiger partial charge in [0, 0.05) is 24.3 Å². The maximum Gasteiger partial charge on any atom is 0.162 e. The maximum absolute atomic E-state index is 11.5. The van der Waals surface area contributed by atoms with Gasteiger partial charge in [0.1, 0.15) is 0 Å². The van der Waals surface area contributed by atoms with Gasteiger partial charge in [-0.2, -0.15) is 0 Å². The summed E-state index contributed by atoms with van der Waals surface area (Å²) in [5, 5.41) is 3.51. The number of nitrogens with one attached hydrogen (secondary N) is 1. The van der Waals surface area contributed by atoms with Crippen LogP contribution in [0.15, 0.2) is 24.3 Å². The Morgan fingerprint density at radius 1 is 1.44 bits per heavy atom. The summed E-state index contributed by atoms with van der Waals surface area (Å²) in [6.45, 7) is 6.95. The first-order valence-electron chi connectivity index (χ1n) is 6.58. The van der Waals surface area contributed by atoms with E-state index in [1.165, 1.54) is 0 Å². The number of rotatable bonds is 4. The van der Waals surface area contributed by atoms with Crippen LogP contribution in [0, 0.1) is 0 Å². The Morgan fingerprint density at radius 3 is 2.61 bits per heavy atom. The third-order valence-electron chi connectivity index (χ3n) is 3.84. The molecule has 1 aromatic rings. The van der Waals surface area contributed by atoms with Gasteiger partial charge in [-0.15, -0.1) is 0 Å². The molecule has 2 unspecified atom stereocenters. The van der Waals surface area contributed by atoms with Crippen LogP contribution in [0.3, 0.4) is 0 Å². The molecule has 1 saturated heterocycles. The van der Waals surface area contributed by atoms with Crippen LogP contribution in [0.4, 0.5) is 5.69 Å². The number of benzene rings is 1. The Balaban J connectivity index is 2.09. The van der Waals surface area contributed by atoms with Gasteiger partial charge in [-0.05, 0) is 44.5 Å². The topological polar surface area (TPSA) is 38.3 Å². The molecule has 2 rings (SSSR count). The number of carbonyl (C=O) groups is 1. The van der Waals surface area contributed by atoms with Crippen molar-refractivity contribution in [1.82, 2.24) is 0 Å². The predicted octanol–water partition coefficient (Wildman–Crippen LogP) is 3.26. The molecule has 1 aliphatic heterocycles. The highest BCUT2D eigenvalue weighted by Gasteiger charge is 2.36. The molecule has 1 aromatic carbocycles. The molecular weight excluding hydrogens is 226 g/mol. The van der Waals surface area contributed by atoms with Crippen molar-refractivity contribution in [2.45, 2.75) is 45.3 Å². The van der Waals surface area contributed by atoms with Gasteiger partial charge in [0.05, 0.1) is 11.6 Å². The molecule has 0 bridgehead atoms. The zero-order valence-corrected chi connectivity index (χ0v) is 11.3. The molecule has 0 spiro atoms. The minimum absolute atomic E-state index is 0.0176. The van der Waals surface area contributed by atoms with Crippen molar-refractivity contribution in [3.8, 4) is 0 Å². The van der Waals surface area contributed by atoms with Gasteiger partial charge < -0.3 is 10.1 Å². The minimum atomic E-state index is -0.0176. The van der Waals surface area contributed by atoms with E-state index in [-0.39, 0.29) is 17.4 Å². The zero-order valence-electron chi connectivity index (χ0n) is 11.3. The van der Waals surface area contributed by atoms with Gasteiger partial charge >= 0.3 is 0 Å². The van der Waals surface area contributed by atoms with Crippen molar-refractivity contribution in [2.75, 3.05) is 11.9 Å². The van der Waals surface area contributed by atoms with Crippen LogP contribution in [0.2, 0.25) is 0 Å². The molecule has 0 aliphatic carbocycles. The maximum atomic E-state index is 11.5. The molecule has 3 nitrogen and oxygen atoms in total. The van der Waals surface area contributed by atoms with Crippen LogP contribution >= 0.6 is 0 Å². The first kappa shape index (κ1) is 13.1. The van der Waals surface area contributed by atoms with E-state index in [0.717, 1.165) is 24.3 Å². The molecule has 0 saturated carbocycles. The molecule has 0 radical (unpaired) electrons. The highest BCUT2D eigenvalue weighted by Crippen LogP contribution is 2.29. The monoisotopic (exact) mass is 247 g/mol. The van der Waals surface area contributed by atoms with E-state index in [0.29, 0.717) is 6.42 Å². The summed E-state index contributed by atoms with van der Waals surface area (Å²) in [6, 6.07) is 7.72. The van der Waals surface area contributed by atoms with E-state index in [9.17, 15) is 4.79 Å². The van der Waals surface area contributed by atoms with Gasteiger partial charge in [0.15, 0.2) is 5.78 Å². The fourth-order valence-corrected chi connectivity index (χ4v) is 2.27. The summed E-state index contributed by atoms with van der Waals surface area (Å²) in [5.41, 5.74) is 1.81. The van der Waals surface area contributed by atoms with Crippen molar-refractivity contribution < 1.29 is 9.53 Å². The van der Waals surface area contributed by atoms with Gasteiger partial charge in [-0.1, -0.05) is 6.92 Å². The van der Waals surface area contributed by atoms with Gasteiger partial charge in [-0.25, -0.2) is 0 Å². The van der Waals surface area contributed by atoms with Crippen LogP contribution in [0.1, 0.15) is 44.0 Å². The average molecular weight is 247 g/mol. The highest BCUT2D eigenvalue weighted by atomic mass is 16.5. The van der Waals surface area contributed by atoms with E-state index < -0.39 is 0 Å². The van der Waals surface area contributed by atoms with E-state index in [1.807, 2.05) is 31.2 Å². The molecule has 0 aromatic heterocycles. The van der Waals surface area contributed by atoms with Crippen molar-refractivity contribution in [3.63, 3.8) is 0 Å². The minimum Gasteiger partial charge on any atom is -0.377 e. The lowest BCUT2D eigenvalue weighted by Crippen LogP contribution is -2.41. The van der Waals surface area contributed by atoms with E-state index in [1.54, 1.807) is 0 Å². The van der Waals surface area contributed by atoms with Gasteiger partial charge in [0.2, 0.25) is 0 Å². The van der Waals surface area contributed by atoms with Crippen LogP contribution < -0.4 is 5.32 Å². The van der Waals surface area contributed by atoms with E-state index >= 15 is 0 Å². The lowest BCUT2D eigenvalue weighted by molar-refractivity contribution is 0.0988. The highest BCUT2D eigenvalue weighted by molar-refractivity contribution is 5.96. The number of anilines is 1. The number of ketones is 1. The lowest BCUT2D eigenvalue weighted by Gasteiger charge is -2.30. The second-order valence-corrected chi connectivity index (χ2v) is 5.16. The van der Waals surface area contributed by atoms with E-state index in [4.69, 9.17) is 4.74 Å². The molecule has 3 heteroatoms. The first-order chi connectivity index (χ1) is 8.55. The summed E-state index contributed by atoms with van der Waals surface area (Å²) in [6.07, 6.45) is 1.76. The van der Waals surface area contributed by atoms with Crippen LogP contribution in [-0.4, -0.2) is 24.0 Å². The SMILES string of the molecule is CCC(=O)c1ccc(NC2(C)CCOC2C)cc1. The van der Waals surface area contributed by atoms with Gasteiger partial charge in [-0.3, -0.25) is 4.79 Å². The first-order valence-corrected chi connectivity index (χ1v) is 6.58. The Kier molecular flexibility index (Phi) is 3.71. The number of Topliss-reactive ketones (excluding diaryl/α,β-unsaturated/α-hetero) is 1. The average Bonchev–Trinajstić information content (AvgIpc) is 2.69. The second-order valence-electron chi connectivity index (χ2n) is 5.16. The van der Waals surface area contributed by atoms with Crippen LogP contribution in [0.25, 0.3) is 0 Å². The Labute approximate surface area is 109 Å². The smallest absolute Gasteiger partial charge is 0.162 e. The molecule has 1 fully saturated rings. The Hall–Kier alpha value is -1.35. The normalized spacial score (nSPS) is 27.2. The third kappa shape index (κ3) is 2.56. The fraction of sp³-hybridized carbons (Fsp3) is 0.533. The van der Waals surface area contributed by atoms with Crippen LogP contribution in [0.5, 0.6) is 0 Å². The third-order valence-corrected chi connectivity index (χ3v) is 3.84. The molecular formula is C15H21NO2. The number of carbonyl (C=O) groups excluding carboxylic acids is 1. The van der Waals surface area contributed by atoms with Crippen molar-refractivity contribution >= 4 is 11.5 Å². The van der Waals surface area contributed by atoms with Crippen molar-refractivity contribution in [1.29, 1.82) is 0 Å². The summed E-state index contributed by atoms with van der Waals surface area (Å²) in [7, 11) is 0. The number of hydrogen-bond acceptors (Lipinski definition) is 3. The summed E-state index contributed by atoms with van der Waals surface area (Å²) in [5.74, 6) is 0.185. The Morgan fingerprint density at radius 2 is 2.11 bits per heavy atom. The standard InChI is InChI=1S/C15H21NO2/c1-4-14(17)12-5-7-13(8-6-12)16-15(3)9-10-18-11(15)2/h5-8,11,16H,4,9-10H2,1-3H3. The van der Waals surface area contributed by atoms with E-state index in [2.05, 4.69) is 19.2 Å². The molecule has 1 aliphatic rings. The molecule has 0 amide bonds.